The summed E-state index contributed by atoms with van der Waals surface area (Å²) < 4.78 is 26.9. The van der Waals surface area contributed by atoms with Gasteiger partial charge in [0.2, 0.25) is 0 Å². The van der Waals surface area contributed by atoms with Crippen molar-refractivity contribution in [3.63, 3.8) is 0 Å². The number of hydrogen-bond acceptors (Lipinski definition) is 2. The lowest BCUT2D eigenvalue weighted by Crippen LogP contribution is -2.36. The lowest BCUT2D eigenvalue weighted by molar-refractivity contribution is 0.203. The number of nitrogens with one attached hydrogen (secondary N) is 1. The van der Waals surface area contributed by atoms with Crippen LogP contribution >= 0.6 is 30.9 Å². The highest BCUT2D eigenvalue weighted by Gasteiger charge is 2.33. The van der Waals surface area contributed by atoms with Crippen LogP contribution in [0.1, 0.15) is 6.42 Å². The molecule has 1 aliphatic heterocycles. The summed E-state index contributed by atoms with van der Waals surface area (Å²) in [6, 6.07) is 0. The summed E-state index contributed by atoms with van der Waals surface area (Å²) in [5.74, 6) is 0.633. The van der Waals surface area contributed by atoms with Crippen LogP contribution in [0.4, 0.5) is 0 Å². The van der Waals surface area contributed by atoms with Crippen LogP contribution in [-0.4, -0.2) is 42.7 Å². The van der Waals surface area contributed by atoms with Crippen LogP contribution in [-0.2, 0) is 9.09 Å². The van der Waals surface area contributed by atoms with Crippen LogP contribution < -0.4 is 5.08 Å². The van der Waals surface area contributed by atoms with Crippen LogP contribution in [0.3, 0.4) is 0 Å². The van der Waals surface area contributed by atoms with Gasteiger partial charge in [-0.1, -0.05) is 0 Å². The van der Waals surface area contributed by atoms with Gasteiger partial charge in [-0.3, -0.25) is 4.57 Å². The van der Waals surface area contributed by atoms with Crippen molar-refractivity contribution in [2.24, 2.45) is 0 Å². The molecule has 0 aromatic rings. The number of hydrogen-bond donors (Lipinski definition) is 1. The second-order valence-electron chi connectivity index (χ2n) is 2.87. The fourth-order valence-electron chi connectivity index (χ4n) is 1.27. The highest BCUT2D eigenvalue weighted by atomic mass is 35.5. The zero-order valence-corrected chi connectivity index (χ0v) is 10.3. The normalized spacial score (nSPS) is 30.6. The van der Waals surface area contributed by atoms with Crippen molar-refractivity contribution in [1.29, 1.82) is 0 Å². The van der Waals surface area contributed by atoms with Gasteiger partial charge < -0.3 is 4.52 Å². The second kappa shape index (κ2) is 6.31. The lowest BCUT2D eigenvalue weighted by atomic mass is 10.4. The van der Waals surface area contributed by atoms with E-state index in [1.807, 2.05) is 0 Å². The van der Waals surface area contributed by atoms with E-state index < -0.39 is 7.67 Å². The van der Waals surface area contributed by atoms with E-state index in [0.717, 1.165) is 11.5 Å². The fraction of sp³-hybridized carbons (Fsp3) is 1.00. The van der Waals surface area contributed by atoms with Crippen molar-refractivity contribution < 1.29 is 10.5 Å². The second-order valence-corrected chi connectivity index (χ2v) is 5.72. The van der Waals surface area contributed by atoms with E-state index in [0.29, 0.717) is 25.6 Å². The third kappa shape index (κ3) is 3.37. The molecule has 1 atom stereocenters. The minimum absolute atomic E-state index is 0.220. The summed E-state index contributed by atoms with van der Waals surface area (Å²) in [6.45, 7) is 1.77. The largest absolute Gasteiger partial charge is 0.343 e. The molecule has 0 amide bonds. The summed E-state index contributed by atoms with van der Waals surface area (Å²) in [4.78, 5) is 0. The van der Waals surface area contributed by atoms with Gasteiger partial charge in [-0.15, -0.1) is 23.2 Å². The van der Waals surface area contributed by atoms with Crippen molar-refractivity contribution in [2.45, 2.75) is 6.42 Å². The molecule has 1 N–H and O–H groups in total. The van der Waals surface area contributed by atoms with Crippen LogP contribution in [0, 0.1) is 0 Å². The van der Waals surface area contributed by atoms with Gasteiger partial charge in [0.15, 0.2) is 0 Å². The van der Waals surface area contributed by atoms with Gasteiger partial charge in [-0.2, -0.15) is 0 Å². The zero-order valence-electron chi connectivity index (χ0n) is 8.86. The molecule has 0 spiro atoms. The summed E-state index contributed by atoms with van der Waals surface area (Å²) in [5, 5.41) is 0.950. The summed E-state index contributed by atoms with van der Waals surface area (Å²) in [7, 11) is -3.18. The van der Waals surface area contributed by atoms with E-state index in [1.165, 1.54) is 0 Å². The molecule has 0 saturated carbocycles. The Bertz CT molecular complexity index is 245. The predicted molar refractivity (Wildman–Crippen MR) is 59.2 cm³/mol. The third-order valence-electron chi connectivity index (χ3n) is 1.88. The maximum absolute atomic E-state index is 12.4. The molecule has 0 aliphatic carbocycles. The van der Waals surface area contributed by atoms with E-state index in [4.69, 9.17) is 29.1 Å². The minimum atomic E-state index is -3.18. The Morgan fingerprint density at radius 3 is 3.00 bits per heavy atom. The molecule has 1 fully saturated rings. The minimum Gasteiger partial charge on any atom is -0.306 e. The number of nitrogens with zero attached hydrogens (tertiary/aromatic N) is 1. The van der Waals surface area contributed by atoms with Gasteiger partial charge in [0.25, 0.3) is 0 Å². The monoisotopic (exact) mass is 261 g/mol. The molecule has 14 heavy (non-hydrogen) atoms. The Labute approximate surface area is 95.9 Å². The van der Waals surface area contributed by atoms with Gasteiger partial charge >= 0.3 is 7.67 Å². The number of alkyl halides is 2. The van der Waals surface area contributed by atoms with E-state index >= 15 is 0 Å². The lowest BCUT2D eigenvalue weighted by Gasteiger charge is -2.34. The quantitative estimate of drug-likeness (QED) is 0.606. The zero-order chi connectivity index (χ0) is 11.3. The first-order valence-electron chi connectivity index (χ1n) is 4.98. The Balaban J connectivity index is 2.71. The first-order chi connectivity index (χ1) is 7.15. The van der Waals surface area contributed by atoms with Gasteiger partial charge in [0.1, 0.15) is 1.41 Å². The maximum atomic E-state index is 12.4. The van der Waals surface area contributed by atoms with Crippen molar-refractivity contribution in [1.82, 2.24) is 9.75 Å². The molecule has 1 saturated heterocycles. The molecule has 1 rings (SSSR count). The maximum Gasteiger partial charge on any atom is 0.343 e. The fourth-order valence-corrected chi connectivity index (χ4v) is 3.68. The molecule has 1 unspecified atom stereocenters. The molecule has 4 nitrogen and oxygen atoms in total. The Hall–Kier alpha value is 0.690. The van der Waals surface area contributed by atoms with E-state index in [9.17, 15) is 4.57 Å². The summed E-state index contributed by atoms with van der Waals surface area (Å²) >= 11 is 11.1. The van der Waals surface area contributed by atoms with Crippen LogP contribution in [0.5, 0.6) is 0 Å². The van der Waals surface area contributed by atoms with E-state index in [1.54, 1.807) is 4.67 Å². The molecule has 1 aliphatic rings. The molecule has 84 valence electrons. The van der Waals surface area contributed by atoms with E-state index in [-0.39, 0.29) is 12.4 Å². The van der Waals surface area contributed by atoms with Gasteiger partial charge in [0, 0.05) is 31.4 Å². The first-order valence-corrected chi connectivity index (χ1v) is 7.14. The van der Waals surface area contributed by atoms with Gasteiger partial charge in [-0.05, 0) is 6.42 Å². The summed E-state index contributed by atoms with van der Waals surface area (Å²) in [5.41, 5.74) is 0. The predicted octanol–water partition coefficient (Wildman–Crippen LogP) is 1.88. The van der Waals surface area contributed by atoms with Crippen LogP contribution in [0.2, 0.25) is 1.41 Å². The standard InChI is InChI=1S/C7H15Cl2N2O2P/c8-2-4-10-14(12)11(6-3-9)5-1-7-13-14/h1-7H2,(H,10,12)/i/hD. The summed E-state index contributed by atoms with van der Waals surface area (Å²) in [6.07, 6.45) is 0.815. The highest BCUT2D eigenvalue weighted by Crippen LogP contribution is 2.48. The molecule has 7 heteroatoms. The Morgan fingerprint density at radius 1 is 1.57 bits per heavy atom. The van der Waals surface area contributed by atoms with Crippen molar-refractivity contribution in [3.8, 4) is 0 Å². The van der Waals surface area contributed by atoms with Crippen LogP contribution in [0.25, 0.3) is 0 Å². The molecule has 0 aromatic carbocycles. The van der Waals surface area contributed by atoms with Crippen molar-refractivity contribution in [3.05, 3.63) is 0 Å². The topological polar surface area (TPSA) is 41.6 Å². The average molecular weight is 262 g/mol. The highest BCUT2D eigenvalue weighted by molar-refractivity contribution is 7.54. The smallest absolute Gasteiger partial charge is 0.306 e. The molecule has 1 heterocycles. The van der Waals surface area contributed by atoms with E-state index in [2.05, 4.69) is 0 Å². The SMILES string of the molecule is [2H]N(CCCl)P1(=O)OCCCN1CCCl. The Morgan fingerprint density at radius 2 is 2.36 bits per heavy atom. The Kier molecular flexibility index (Phi) is 5.04. The average Bonchev–Trinajstić information content (AvgIpc) is 2.22. The molecule has 0 aromatic heterocycles. The molecular formula is C7H15Cl2N2O2P. The number of halogens is 2. The first kappa shape index (κ1) is 11.2. The molecule has 0 radical (unpaired) electrons. The van der Waals surface area contributed by atoms with Crippen molar-refractivity contribution >= 4 is 30.9 Å². The van der Waals surface area contributed by atoms with Crippen molar-refractivity contribution in [2.75, 3.05) is 38.0 Å². The molecule has 0 bridgehead atoms. The molecular weight excluding hydrogens is 246 g/mol. The van der Waals surface area contributed by atoms with Gasteiger partial charge in [0.05, 0.1) is 6.61 Å². The van der Waals surface area contributed by atoms with Gasteiger partial charge in [-0.25, -0.2) is 9.75 Å². The third-order valence-corrected chi connectivity index (χ3v) is 4.41. The number of rotatable bonds is 5. The van der Waals surface area contributed by atoms with Crippen LogP contribution in [0.15, 0.2) is 0 Å².